The third kappa shape index (κ3) is 3.63. The maximum atomic E-state index is 10.4. The van der Waals surface area contributed by atoms with Crippen molar-refractivity contribution in [3.8, 4) is 11.5 Å². The molecule has 0 bridgehead atoms. The van der Waals surface area contributed by atoms with E-state index in [9.17, 15) is 5.11 Å². The van der Waals surface area contributed by atoms with Crippen molar-refractivity contribution in [2.75, 3.05) is 12.4 Å². The van der Waals surface area contributed by atoms with Gasteiger partial charge in [0.2, 0.25) is 11.3 Å². The van der Waals surface area contributed by atoms with E-state index in [1.165, 1.54) is 13.2 Å². The fourth-order valence-electron chi connectivity index (χ4n) is 2.80. The molecule has 2 heterocycles. The molecular weight excluding hydrogens is 374 g/mol. The van der Waals surface area contributed by atoms with Gasteiger partial charge in [0.25, 0.3) is 0 Å². The largest absolute Gasteiger partial charge is 0.507 e. The number of anilines is 1. The Balaban J connectivity index is 1.78. The molecular formula is C19H17N7O3. The molecule has 0 saturated carbocycles. The van der Waals surface area contributed by atoms with Gasteiger partial charge in [0.1, 0.15) is 22.9 Å². The Labute approximate surface area is 165 Å². The number of hydrogen-bond acceptors (Lipinski definition) is 10. The first-order valence-corrected chi connectivity index (χ1v) is 8.63. The Morgan fingerprint density at radius 1 is 1.14 bits per heavy atom. The summed E-state index contributed by atoms with van der Waals surface area (Å²) >= 11 is 0. The van der Waals surface area contributed by atoms with Crippen LogP contribution < -0.4 is 15.9 Å². The molecule has 2 aromatic carbocycles. The highest BCUT2D eigenvalue weighted by Gasteiger charge is 2.21. The van der Waals surface area contributed by atoms with Crippen LogP contribution in [0.5, 0.6) is 11.5 Å². The van der Waals surface area contributed by atoms with E-state index in [1.807, 2.05) is 30.3 Å². The molecule has 0 unspecified atom stereocenters. The monoisotopic (exact) mass is 391 g/mol. The Hall–Kier alpha value is -4.21. The van der Waals surface area contributed by atoms with E-state index in [4.69, 9.17) is 15.2 Å². The van der Waals surface area contributed by atoms with Gasteiger partial charge in [-0.3, -0.25) is 0 Å². The molecule has 146 valence electrons. The number of nitrogens with one attached hydrogen (secondary N) is 1. The normalized spacial score (nSPS) is 11.6. The molecule has 0 atom stereocenters. The molecule has 29 heavy (non-hydrogen) atoms. The number of phenolic OH excluding ortho intramolecular Hbond substituents is 1. The Kier molecular flexibility index (Phi) is 4.89. The van der Waals surface area contributed by atoms with E-state index >= 15 is 0 Å². The highest BCUT2D eigenvalue weighted by molar-refractivity contribution is 6.16. The molecule has 0 saturated heterocycles. The number of nitrogens with two attached hydrogens (primary N) is 1. The van der Waals surface area contributed by atoms with Gasteiger partial charge in [-0.2, -0.15) is 5.10 Å². The summed E-state index contributed by atoms with van der Waals surface area (Å²) in [6.07, 6.45) is 0. The predicted octanol–water partition coefficient (Wildman–Crippen LogP) is 2.05. The first-order valence-electron chi connectivity index (χ1n) is 8.63. The first kappa shape index (κ1) is 18.2. The van der Waals surface area contributed by atoms with E-state index in [0.717, 1.165) is 5.56 Å². The minimum Gasteiger partial charge on any atom is -0.507 e. The van der Waals surface area contributed by atoms with E-state index in [0.29, 0.717) is 29.4 Å². The van der Waals surface area contributed by atoms with Crippen LogP contribution in [0, 0.1) is 0 Å². The van der Waals surface area contributed by atoms with E-state index in [-0.39, 0.29) is 22.8 Å². The fourth-order valence-corrected chi connectivity index (χ4v) is 2.80. The number of aromatic nitrogens is 4. The van der Waals surface area contributed by atoms with Gasteiger partial charge >= 0.3 is 0 Å². The number of hydrazone groups is 1. The summed E-state index contributed by atoms with van der Waals surface area (Å²) in [6.45, 7) is 0.478. The van der Waals surface area contributed by atoms with Crippen LogP contribution in [0.15, 0.2) is 58.3 Å². The standard InChI is InChI=1S/C19H17N7O3/c1-28-12-7-8-13(14(27)9-12)15(24-20)16-17(21-10-11-5-3-2-4-6-11)23-19-18(22-16)25-29-26-19/h2-9,27H,10,20H2,1H3,(H,21,23,26). The number of hydrogen-bond donors (Lipinski definition) is 3. The van der Waals surface area contributed by atoms with Crippen LogP contribution in [0.2, 0.25) is 0 Å². The van der Waals surface area contributed by atoms with Crippen LogP contribution >= 0.6 is 0 Å². The second-order valence-electron chi connectivity index (χ2n) is 6.03. The molecule has 0 spiro atoms. The summed E-state index contributed by atoms with van der Waals surface area (Å²) in [4.78, 5) is 8.86. The highest BCUT2D eigenvalue weighted by atomic mass is 16.6. The lowest BCUT2D eigenvalue weighted by Crippen LogP contribution is -2.15. The van der Waals surface area contributed by atoms with Gasteiger partial charge in [-0.25, -0.2) is 14.6 Å². The molecule has 10 heteroatoms. The molecule has 0 fully saturated rings. The van der Waals surface area contributed by atoms with Gasteiger partial charge in [-0.05, 0) is 28.0 Å². The van der Waals surface area contributed by atoms with Crippen molar-refractivity contribution in [1.29, 1.82) is 0 Å². The van der Waals surface area contributed by atoms with E-state index in [2.05, 4.69) is 30.7 Å². The first-order chi connectivity index (χ1) is 14.2. The topological polar surface area (TPSA) is 145 Å². The quantitative estimate of drug-likeness (QED) is 0.255. The lowest BCUT2D eigenvalue weighted by Gasteiger charge is -2.13. The smallest absolute Gasteiger partial charge is 0.245 e. The molecule has 0 aliphatic heterocycles. The van der Waals surface area contributed by atoms with Crippen LogP contribution in [-0.2, 0) is 6.54 Å². The molecule has 0 radical (unpaired) electrons. The van der Waals surface area contributed by atoms with E-state index in [1.54, 1.807) is 12.1 Å². The number of methoxy groups -OCH3 is 1. The Morgan fingerprint density at radius 3 is 2.59 bits per heavy atom. The molecule has 0 aliphatic carbocycles. The molecule has 4 N–H and O–H groups in total. The summed E-state index contributed by atoms with van der Waals surface area (Å²) in [5.41, 5.74) is 2.35. The van der Waals surface area contributed by atoms with E-state index < -0.39 is 0 Å². The zero-order valence-corrected chi connectivity index (χ0v) is 15.4. The Morgan fingerprint density at radius 2 is 1.90 bits per heavy atom. The minimum atomic E-state index is -0.0669. The lowest BCUT2D eigenvalue weighted by atomic mass is 10.1. The maximum Gasteiger partial charge on any atom is 0.245 e. The van der Waals surface area contributed by atoms with Gasteiger partial charge in [0.05, 0.1) is 7.11 Å². The maximum absolute atomic E-state index is 10.4. The third-order valence-corrected chi connectivity index (χ3v) is 4.23. The van der Waals surface area contributed by atoms with Crippen molar-refractivity contribution in [1.82, 2.24) is 20.3 Å². The number of rotatable bonds is 6. The SMILES string of the molecule is COc1ccc(C(=NN)c2nc3nonc3nc2NCc2ccccc2)c(O)c1. The molecule has 0 aliphatic rings. The zero-order valence-electron chi connectivity index (χ0n) is 15.4. The van der Waals surface area contributed by atoms with Crippen LogP contribution in [0.1, 0.15) is 16.8 Å². The average Bonchev–Trinajstić information content (AvgIpc) is 3.21. The Bertz CT molecular complexity index is 1180. The van der Waals surface area contributed by atoms with Crippen molar-refractivity contribution >= 4 is 22.8 Å². The summed E-state index contributed by atoms with van der Waals surface area (Å²) in [7, 11) is 1.51. The van der Waals surface area contributed by atoms with Crippen molar-refractivity contribution in [2.45, 2.75) is 6.54 Å². The van der Waals surface area contributed by atoms with Crippen LogP contribution in [-0.4, -0.2) is 38.2 Å². The fraction of sp³-hybridized carbons (Fsp3) is 0.105. The summed E-state index contributed by atoms with van der Waals surface area (Å²) < 4.78 is 9.85. The molecule has 4 aromatic rings. The second kappa shape index (κ2) is 7.80. The van der Waals surface area contributed by atoms with Crippen molar-refractivity contribution in [3.63, 3.8) is 0 Å². The van der Waals surface area contributed by atoms with Crippen LogP contribution in [0.4, 0.5) is 5.82 Å². The lowest BCUT2D eigenvalue weighted by molar-refractivity contribution is 0.314. The van der Waals surface area contributed by atoms with Crippen LogP contribution in [0.25, 0.3) is 11.3 Å². The van der Waals surface area contributed by atoms with Gasteiger partial charge in [-0.1, -0.05) is 30.3 Å². The predicted molar refractivity (Wildman–Crippen MR) is 106 cm³/mol. The highest BCUT2D eigenvalue weighted by Crippen LogP contribution is 2.28. The molecule has 2 aromatic heterocycles. The summed E-state index contributed by atoms with van der Waals surface area (Å²) in [5.74, 6) is 6.46. The zero-order chi connectivity index (χ0) is 20.2. The molecule has 4 rings (SSSR count). The van der Waals surface area contributed by atoms with Gasteiger partial charge in [0, 0.05) is 18.2 Å². The number of ether oxygens (including phenoxy) is 1. The number of benzene rings is 2. The van der Waals surface area contributed by atoms with Crippen LogP contribution in [0.3, 0.4) is 0 Å². The van der Waals surface area contributed by atoms with Crippen molar-refractivity contribution < 1.29 is 14.5 Å². The molecule has 10 nitrogen and oxygen atoms in total. The van der Waals surface area contributed by atoms with Gasteiger partial charge in [0.15, 0.2) is 5.82 Å². The summed E-state index contributed by atoms with van der Waals surface area (Å²) in [6, 6.07) is 14.5. The van der Waals surface area contributed by atoms with Gasteiger partial charge < -0.3 is 21.0 Å². The average molecular weight is 391 g/mol. The number of nitrogens with zero attached hydrogens (tertiary/aromatic N) is 5. The van der Waals surface area contributed by atoms with Crippen molar-refractivity contribution in [2.24, 2.45) is 10.9 Å². The number of aromatic hydroxyl groups is 1. The van der Waals surface area contributed by atoms with Gasteiger partial charge in [-0.15, -0.1) is 0 Å². The second-order valence-corrected chi connectivity index (χ2v) is 6.03. The number of phenols is 1. The third-order valence-electron chi connectivity index (χ3n) is 4.23. The van der Waals surface area contributed by atoms with Crippen molar-refractivity contribution in [3.05, 3.63) is 65.4 Å². The summed E-state index contributed by atoms with van der Waals surface area (Å²) in [5, 5.41) is 25.0. The number of fused-ring (bicyclic) bond motifs is 1. The molecule has 0 amide bonds. The minimum absolute atomic E-state index is 0.0669.